The predicted molar refractivity (Wildman–Crippen MR) is 75.9 cm³/mol. The number of hydrogen-bond acceptors (Lipinski definition) is 3. The van der Waals surface area contributed by atoms with E-state index in [9.17, 15) is 0 Å². The van der Waals surface area contributed by atoms with Crippen LogP contribution in [0.25, 0.3) is 0 Å². The van der Waals surface area contributed by atoms with Crippen molar-refractivity contribution >= 4 is 0 Å². The van der Waals surface area contributed by atoms with Gasteiger partial charge in [-0.05, 0) is 58.9 Å². The molecule has 0 aliphatic heterocycles. The molecule has 2 fully saturated rings. The van der Waals surface area contributed by atoms with Crippen molar-refractivity contribution in [2.75, 3.05) is 27.2 Å². The molecule has 0 radical (unpaired) electrons. The molecule has 2 aliphatic carbocycles. The van der Waals surface area contributed by atoms with E-state index >= 15 is 0 Å². The maximum Gasteiger partial charge on any atom is 0.0775 e. The molecule has 1 N–H and O–H groups in total. The Morgan fingerprint density at radius 1 is 1.28 bits per heavy atom. The Kier molecular flexibility index (Phi) is 4.68. The van der Waals surface area contributed by atoms with Crippen LogP contribution in [0.15, 0.2) is 0 Å². The van der Waals surface area contributed by atoms with Crippen molar-refractivity contribution < 1.29 is 4.74 Å². The van der Waals surface area contributed by atoms with Gasteiger partial charge in [0.2, 0.25) is 0 Å². The lowest BCUT2D eigenvalue weighted by Crippen LogP contribution is -2.48. The third kappa shape index (κ3) is 3.94. The summed E-state index contributed by atoms with van der Waals surface area (Å²) in [5.41, 5.74) is -0.0798. The lowest BCUT2D eigenvalue weighted by atomic mass is 9.95. The molecule has 3 heteroatoms. The van der Waals surface area contributed by atoms with Crippen molar-refractivity contribution in [1.29, 1.82) is 0 Å². The molecule has 18 heavy (non-hydrogen) atoms. The average molecular weight is 254 g/mol. The van der Waals surface area contributed by atoms with Gasteiger partial charge < -0.3 is 15.0 Å². The molecular weight excluding hydrogens is 224 g/mol. The van der Waals surface area contributed by atoms with Gasteiger partial charge in [0, 0.05) is 32.3 Å². The van der Waals surface area contributed by atoms with Crippen molar-refractivity contribution in [3.63, 3.8) is 0 Å². The van der Waals surface area contributed by atoms with E-state index in [0.29, 0.717) is 6.04 Å². The summed E-state index contributed by atoms with van der Waals surface area (Å²) in [6.45, 7) is 6.92. The van der Waals surface area contributed by atoms with Gasteiger partial charge in [0.25, 0.3) is 0 Å². The summed E-state index contributed by atoms with van der Waals surface area (Å²) in [6, 6.07) is 1.33. The van der Waals surface area contributed by atoms with Gasteiger partial charge in [-0.3, -0.25) is 0 Å². The largest absolute Gasteiger partial charge is 0.377 e. The molecule has 0 aromatic heterocycles. The molecule has 1 atom stereocenters. The summed E-state index contributed by atoms with van der Waals surface area (Å²) in [6.07, 6.45) is 6.94. The highest BCUT2D eigenvalue weighted by molar-refractivity contribution is 4.91. The molecule has 1 unspecified atom stereocenters. The molecule has 3 nitrogen and oxygen atoms in total. The summed E-state index contributed by atoms with van der Waals surface area (Å²) >= 11 is 0. The van der Waals surface area contributed by atoms with Crippen LogP contribution in [-0.2, 0) is 4.74 Å². The van der Waals surface area contributed by atoms with E-state index in [1.54, 1.807) is 0 Å². The smallest absolute Gasteiger partial charge is 0.0775 e. The van der Waals surface area contributed by atoms with E-state index in [1.165, 1.54) is 45.2 Å². The molecule has 2 aliphatic rings. The molecule has 0 amide bonds. The molecule has 2 rings (SSSR count). The highest BCUT2D eigenvalue weighted by atomic mass is 16.5. The Labute approximate surface area is 112 Å². The predicted octanol–water partition coefficient (Wildman–Crippen LogP) is 2.26. The van der Waals surface area contributed by atoms with Gasteiger partial charge in [0.1, 0.15) is 0 Å². The lowest BCUT2D eigenvalue weighted by Gasteiger charge is -2.34. The number of rotatable bonds is 9. The van der Waals surface area contributed by atoms with Crippen molar-refractivity contribution in [1.82, 2.24) is 10.2 Å². The number of methoxy groups -OCH3 is 1. The molecule has 0 aromatic rings. The molecule has 0 saturated heterocycles. The normalized spacial score (nSPS) is 22.5. The van der Waals surface area contributed by atoms with E-state index in [4.69, 9.17) is 4.74 Å². The van der Waals surface area contributed by atoms with Crippen molar-refractivity contribution in [3.05, 3.63) is 0 Å². The molecule has 106 valence electrons. The molecule has 0 bridgehead atoms. The SMILES string of the molecule is CNC(CCN(CC1CC1)C1CC1)C(C)(C)OC. The lowest BCUT2D eigenvalue weighted by molar-refractivity contribution is -0.0130. The second kappa shape index (κ2) is 5.89. The van der Waals surface area contributed by atoms with Crippen molar-refractivity contribution in [2.24, 2.45) is 5.92 Å². The van der Waals surface area contributed by atoms with Gasteiger partial charge in [-0.25, -0.2) is 0 Å². The first-order chi connectivity index (χ1) is 8.56. The van der Waals surface area contributed by atoms with Gasteiger partial charge in [-0.2, -0.15) is 0 Å². The van der Waals surface area contributed by atoms with Crippen LogP contribution in [-0.4, -0.2) is 49.8 Å². The minimum atomic E-state index is -0.0798. The summed E-state index contributed by atoms with van der Waals surface area (Å²) in [7, 11) is 3.86. The van der Waals surface area contributed by atoms with Gasteiger partial charge in [-0.1, -0.05) is 0 Å². The van der Waals surface area contributed by atoms with Crippen LogP contribution in [0, 0.1) is 5.92 Å². The van der Waals surface area contributed by atoms with Crippen LogP contribution in [0.4, 0.5) is 0 Å². The first-order valence-electron chi connectivity index (χ1n) is 7.53. The van der Waals surface area contributed by atoms with Crippen molar-refractivity contribution in [2.45, 2.75) is 63.6 Å². The molecule has 0 heterocycles. The first-order valence-corrected chi connectivity index (χ1v) is 7.53. The maximum absolute atomic E-state index is 5.61. The fourth-order valence-corrected chi connectivity index (χ4v) is 2.77. The summed E-state index contributed by atoms with van der Waals surface area (Å²) in [5.74, 6) is 1.01. The van der Waals surface area contributed by atoms with Crippen LogP contribution >= 0.6 is 0 Å². The van der Waals surface area contributed by atoms with Gasteiger partial charge in [-0.15, -0.1) is 0 Å². The fourth-order valence-electron chi connectivity index (χ4n) is 2.77. The minimum Gasteiger partial charge on any atom is -0.377 e. The monoisotopic (exact) mass is 254 g/mol. The van der Waals surface area contributed by atoms with Gasteiger partial charge in [0.15, 0.2) is 0 Å². The third-order valence-electron chi connectivity index (χ3n) is 4.67. The zero-order valence-corrected chi connectivity index (χ0v) is 12.5. The number of nitrogens with zero attached hydrogens (tertiary/aromatic N) is 1. The zero-order valence-electron chi connectivity index (χ0n) is 12.5. The summed E-state index contributed by atoms with van der Waals surface area (Å²) < 4.78 is 5.61. The molecule has 0 spiro atoms. The fraction of sp³-hybridized carbons (Fsp3) is 1.00. The van der Waals surface area contributed by atoms with Gasteiger partial charge in [0.05, 0.1) is 5.60 Å². The Morgan fingerprint density at radius 3 is 2.39 bits per heavy atom. The Bertz CT molecular complexity index is 259. The summed E-state index contributed by atoms with van der Waals surface area (Å²) in [4.78, 5) is 2.73. The second-order valence-electron chi connectivity index (χ2n) is 6.61. The number of ether oxygens (including phenoxy) is 1. The van der Waals surface area contributed by atoms with E-state index < -0.39 is 0 Å². The molecule has 0 aromatic carbocycles. The third-order valence-corrected chi connectivity index (χ3v) is 4.67. The highest BCUT2D eigenvalue weighted by Gasteiger charge is 2.35. The Hall–Kier alpha value is -0.120. The van der Waals surface area contributed by atoms with Crippen LogP contribution < -0.4 is 5.32 Å². The van der Waals surface area contributed by atoms with Crippen molar-refractivity contribution in [3.8, 4) is 0 Å². The number of likely N-dealkylation sites (N-methyl/N-ethyl adjacent to an activating group) is 1. The highest BCUT2D eigenvalue weighted by Crippen LogP contribution is 2.35. The summed E-state index contributed by atoms with van der Waals surface area (Å²) in [5, 5.41) is 3.43. The quantitative estimate of drug-likeness (QED) is 0.683. The van der Waals surface area contributed by atoms with Crippen LogP contribution in [0.3, 0.4) is 0 Å². The zero-order chi connectivity index (χ0) is 13.2. The van der Waals surface area contributed by atoms with E-state index in [0.717, 1.165) is 12.0 Å². The van der Waals surface area contributed by atoms with Crippen LogP contribution in [0.2, 0.25) is 0 Å². The second-order valence-corrected chi connectivity index (χ2v) is 6.61. The topological polar surface area (TPSA) is 24.5 Å². The van der Waals surface area contributed by atoms with Crippen LogP contribution in [0.5, 0.6) is 0 Å². The standard InChI is InChI=1S/C15H30N2O/c1-15(2,18-4)14(16-3)9-10-17(13-7-8-13)11-12-5-6-12/h12-14,16H,5-11H2,1-4H3. The Morgan fingerprint density at radius 2 is 1.94 bits per heavy atom. The minimum absolute atomic E-state index is 0.0798. The molecular formula is C15H30N2O. The number of hydrogen-bond donors (Lipinski definition) is 1. The van der Waals surface area contributed by atoms with E-state index in [2.05, 4.69) is 24.1 Å². The van der Waals surface area contributed by atoms with E-state index in [1.807, 2.05) is 14.2 Å². The van der Waals surface area contributed by atoms with E-state index in [-0.39, 0.29) is 5.60 Å². The van der Waals surface area contributed by atoms with Crippen LogP contribution in [0.1, 0.15) is 46.0 Å². The molecule has 2 saturated carbocycles. The number of nitrogens with one attached hydrogen (secondary N) is 1. The average Bonchev–Trinajstić information content (AvgIpc) is 3.20. The van der Waals surface area contributed by atoms with Gasteiger partial charge >= 0.3 is 0 Å². The first kappa shape index (κ1) is 14.3. The Balaban J connectivity index is 1.79. The maximum atomic E-state index is 5.61.